The normalized spacial score (nSPS) is 10.6. The van der Waals surface area contributed by atoms with Crippen molar-refractivity contribution >= 4 is 5.91 Å². The summed E-state index contributed by atoms with van der Waals surface area (Å²) in [5, 5.41) is 15.0. The van der Waals surface area contributed by atoms with Gasteiger partial charge < -0.3 is 14.6 Å². The van der Waals surface area contributed by atoms with Crippen LogP contribution in [0.2, 0.25) is 0 Å². The number of aromatic nitrogens is 3. The van der Waals surface area contributed by atoms with Crippen LogP contribution in [0.1, 0.15) is 40.7 Å². The highest BCUT2D eigenvalue weighted by Crippen LogP contribution is 2.26. The molecule has 3 rings (SSSR count). The zero-order valence-electron chi connectivity index (χ0n) is 15.7. The summed E-state index contributed by atoms with van der Waals surface area (Å²) in [4.78, 5) is 12.1. The van der Waals surface area contributed by atoms with Crippen molar-refractivity contribution in [2.24, 2.45) is 0 Å². The van der Waals surface area contributed by atoms with E-state index in [-0.39, 0.29) is 12.5 Å². The van der Waals surface area contributed by atoms with Gasteiger partial charge in [0.1, 0.15) is 18.1 Å². The Morgan fingerprint density at radius 2 is 1.96 bits per heavy atom. The maximum Gasteiger partial charge on any atom is 0.272 e. The lowest BCUT2D eigenvalue weighted by Gasteiger charge is -2.09. The Hall–Kier alpha value is -3.22. The Kier molecular flexibility index (Phi) is 5.80. The van der Waals surface area contributed by atoms with Gasteiger partial charge in [-0.15, -0.1) is 10.2 Å². The van der Waals surface area contributed by atoms with Crippen molar-refractivity contribution in [3.05, 3.63) is 59.0 Å². The highest BCUT2D eigenvalue weighted by atomic mass is 16.5. The van der Waals surface area contributed by atoms with E-state index in [1.165, 1.54) is 0 Å². The summed E-state index contributed by atoms with van der Waals surface area (Å²) in [7, 11) is 0. The number of nitrogens with zero attached hydrogens (tertiary/aromatic N) is 3. The molecule has 0 aliphatic carbocycles. The molecule has 7 heteroatoms. The van der Waals surface area contributed by atoms with Gasteiger partial charge in [-0.3, -0.25) is 4.79 Å². The first-order chi connectivity index (χ1) is 13.1. The number of benzene rings is 1. The molecule has 27 heavy (non-hydrogen) atoms. The van der Waals surface area contributed by atoms with Gasteiger partial charge in [-0.25, -0.2) is 0 Å². The first kappa shape index (κ1) is 18.6. The molecule has 0 radical (unpaired) electrons. The molecule has 7 nitrogen and oxygen atoms in total. The smallest absolute Gasteiger partial charge is 0.272 e. The molecule has 0 aliphatic rings. The molecule has 0 saturated heterocycles. The monoisotopic (exact) mass is 366 g/mol. The molecule has 0 fully saturated rings. The zero-order valence-corrected chi connectivity index (χ0v) is 15.7. The lowest BCUT2D eigenvalue weighted by Crippen LogP contribution is -2.26. The Morgan fingerprint density at radius 3 is 2.67 bits per heavy atom. The van der Waals surface area contributed by atoms with Crippen molar-refractivity contribution in [3.63, 3.8) is 0 Å². The number of ether oxygens (including phenoxy) is 1. The lowest BCUT2D eigenvalue weighted by atomic mass is 10.1. The number of carbonyl (C=O) groups excluding carboxylic acids is 1. The fraction of sp³-hybridized carbons (Fsp3) is 0.300. The maximum atomic E-state index is 12.1. The van der Waals surface area contributed by atoms with E-state index in [1.54, 1.807) is 6.07 Å². The van der Waals surface area contributed by atoms with Crippen molar-refractivity contribution in [3.8, 4) is 17.1 Å². The van der Waals surface area contributed by atoms with Crippen LogP contribution in [-0.2, 0) is 6.61 Å². The number of carbonyl (C=O) groups is 1. The van der Waals surface area contributed by atoms with Gasteiger partial charge in [0.2, 0.25) is 5.88 Å². The predicted molar refractivity (Wildman–Crippen MR) is 100 cm³/mol. The highest BCUT2D eigenvalue weighted by molar-refractivity contribution is 5.93. The molecular formula is C20H22N4O3. The molecule has 2 heterocycles. The molecule has 0 atom stereocenters. The average molecular weight is 366 g/mol. The van der Waals surface area contributed by atoms with Gasteiger partial charge in [-0.2, -0.15) is 0 Å². The molecular weight excluding hydrogens is 344 g/mol. The van der Waals surface area contributed by atoms with E-state index in [2.05, 4.69) is 20.7 Å². The predicted octanol–water partition coefficient (Wildman–Crippen LogP) is 3.47. The molecule has 1 amide bonds. The minimum absolute atomic E-state index is 0.227. The summed E-state index contributed by atoms with van der Waals surface area (Å²) in [6.07, 6.45) is 0.862. The Labute approximate surface area is 157 Å². The van der Waals surface area contributed by atoms with Crippen molar-refractivity contribution in [2.45, 2.75) is 33.8 Å². The molecule has 1 aromatic carbocycles. The molecule has 0 aliphatic heterocycles. The first-order valence-electron chi connectivity index (χ1n) is 8.86. The van der Waals surface area contributed by atoms with Gasteiger partial charge in [-0.1, -0.05) is 42.4 Å². The molecule has 0 unspecified atom stereocenters. The molecule has 1 N–H and O–H groups in total. The highest BCUT2D eigenvalue weighted by Gasteiger charge is 2.17. The fourth-order valence-electron chi connectivity index (χ4n) is 2.61. The van der Waals surface area contributed by atoms with Crippen molar-refractivity contribution < 1.29 is 14.1 Å². The van der Waals surface area contributed by atoms with Crippen LogP contribution >= 0.6 is 0 Å². The largest absolute Gasteiger partial charge is 0.471 e. The third-order valence-electron chi connectivity index (χ3n) is 4.11. The van der Waals surface area contributed by atoms with Crippen LogP contribution in [-0.4, -0.2) is 27.8 Å². The fourth-order valence-corrected chi connectivity index (χ4v) is 2.61. The molecule has 2 aromatic heterocycles. The quantitative estimate of drug-likeness (QED) is 0.689. The van der Waals surface area contributed by atoms with Crippen LogP contribution in [0.25, 0.3) is 11.3 Å². The second kappa shape index (κ2) is 8.44. The van der Waals surface area contributed by atoms with E-state index in [1.807, 2.05) is 51.1 Å². The number of hydrogen-bond acceptors (Lipinski definition) is 6. The van der Waals surface area contributed by atoms with Gasteiger partial charge in [0.05, 0.1) is 5.56 Å². The summed E-state index contributed by atoms with van der Waals surface area (Å²) in [5.74, 6) is 0.808. The number of hydrogen-bond donors (Lipinski definition) is 1. The number of amides is 1. The van der Waals surface area contributed by atoms with Crippen molar-refractivity contribution in [2.75, 3.05) is 6.54 Å². The minimum atomic E-state index is -0.227. The Balaban J connectivity index is 1.74. The standard InChI is InChI=1S/C20H22N4O3/c1-4-10-21-20(25)18-13(2)11-17(22-23-18)26-12-16-14(3)27-24-19(16)15-8-6-5-7-9-15/h5-9,11H,4,10,12H2,1-3H3,(H,21,25). The summed E-state index contributed by atoms with van der Waals surface area (Å²) in [5.41, 5.74) is 3.57. The summed E-state index contributed by atoms with van der Waals surface area (Å²) < 4.78 is 11.1. The van der Waals surface area contributed by atoms with Crippen molar-refractivity contribution in [1.29, 1.82) is 0 Å². The van der Waals surface area contributed by atoms with Crippen molar-refractivity contribution in [1.82, 2.24) is 20.7 Å². The maximum absolute atomic E-state index is 12.1. The number of aryl methyl sites for hydroxylation is 2. The second-order valence-electron chi connectivity index (χ2n) is 6.19. The van der Waals surface area contributed by atoms with Crippen LogP contribution in [0.3, 0.4) is 0 Å². The van der Waals surface area contributed by atoms with E-state index in [4.69, 9.17) is 9.26 Å². The Bertz CT molecular complexity index is 922. The Morgan fingerprint density at radius 1 is 1.19 bits per heavy atom. The summed E-state index contributed by atoms with van der Waals surface area (Å²) >= 11 is 0. The van der Waals surface area contributed by atoms with Crippen LogP contribution in [0.5, 0.6) is 5.88 Å². The van der Waals surface area contributed by atoms with Crippen LogP contribution in [0.4, 0.5) is 0 Å². The average Bonchev–Trinajstić information content (AvgIpc) is 3.05. The first-order valence-corrected chi connectivity index (χ1v) is 8.86. The summed E-state index contributed by atoms with van der Waals surface area (Å²) in [6.45, 7) is 6.49. The van der Waals surface area contributed by atoms with Crippen LogP contribution in [0, 0.1) is 13.8 Å². The molecule has 140 valence electrons. The molecule has 0 spiro atoms. The second-order valence-corrected chi connectivity index (χ2v) is 6.19. The van der Waals surface area contributed by atoms with Gasteiger partial charge in [0.15, 0.2) is 5.69 Å². The third kappa shape index (κ3) is 4.31. The van der Waals surface area contributed by atoms with Gasteiger partial charge >= 0.3 is 0 Å². The van der Waals surface area contributed by atoms with Crippen LogP contribution in [0.15, 0.2) is 40.9 Å². The van der Waals surface area contributed by atoms with E-state index in [9.17, 15) is 4.79 Å². The molecule has 0 bridgehead atoms. The SMILES string of the molecule is CCCNC(=O)c1nnc(OCc2c(-c3ccccc3)noc2C)cc1C. The van der Waals surface area contributed by atoms with Gasteiger partial charge in [-0.05, 0) is 25.8 Å². The molecule has 0 saturated carbocycles. The van der Waals surface area contributed by atoms with Gasteiger partial charge in [0, 0.05) is 18.2 Å². The number of rotatable bonds is 7. The molecule has 3 aromatic rings. The van der Waals surface area contributed by atoms with E-state index in [0.717, 1.165) is 23.2 Å². The van der Waals surface area contributed by atoms with E-state index in [0.29, 0.717) is 29.4 Å². The lowest BCUT2D eigenvalue weighted by molar-refractivity contribution is 0.0946. The minimum Gasteiger partial charge on any atom is -0.471 e. The van der Waals surface area contributed by atoms with Crippen LogP contribution < -0.4 is 10.1 Å². The van der Waals surface area contributed by atoms with Gasteiger partial charge in [0.25, 0.3) is 5.91 Å². The van der Waals surface area contributed by atoms with E-state index < -0.39 is 0 Å². The zero-order chi connectivity index (χ0) is 19.2. The topological polar surface area (TPSA) is 90.1 Å². The number of nitrogens with one attached hydrogen (secondary N) is 1. The van der Waals surface area contributed by atoms with E-state index >= 15 is 0 Å². The summed E-state index contributed by atoms with van der Waals surface area (Å²) in [6, 6.07) is 11.5. The third-order valence-corrected chi connectivity index (χ3v) is 4.11.